The van der Waals surface area contributed by atoms with Crippen molar-refractivity contribution in [1.82, 2.24) is 15.3 Å². The number of nitrogens with zero attached hydrogens (tertiary/aromatic N) is 2. The lowest BCUT2D eigenvalue weighted by atomic mass is 10.1. The topological polar surface area (TPSA) is 80.9 Å². The van der Waals surface area contributed by atoms with E-state index in [9.17, 15) is 9.18 Å². The minimum atomic E-state index is -0.414. The van der Waals surface area contributed by atoms with E-state index in [1.807, 2.05) is 0 Å². The number of benzene rings is 1. The van der Waals surface area contributed by atoms with E-state index in [0.717, 1.165) is 5.56 Å². The van der Waals surface area contributed by atoms with E-state index in [-0.39, 0.29) is 23.4 Å². The molecule has 0 spiro atoms. The number of amides is 1. The summed E-state index contributed by atoms with van der Waals surface area (Å²) in [6, 6.07) is 5.62. The van der Waals surface area contributed by atoms with Crippen LogP contribution in [0.3, 0.4) is 0 Å². The van der Waals surface area contributed by atoms with Gasteiger partial charge >= 0.3 is 0 Å². The van der Waals surface area contributed by atoms with Crippen LogP contribution in [-0.4, -0.2) is 15.9 Å². The second-order valence-electron chi connectivity index (χ2n) is 4.04. The Balaban J connectivity index is 2.11. The molecule has 1 heterocycles. The highest BCUT2D eigenvalue weighted by Gasteiger charge is 2.15. The first-order chi connectivity index (χ1) is 9.08. The van der Waals surface area contributed by atoms with Crippen LogP contribution in [0.15, 0.2) is 36.7 Å². The molecule has 1 aromatic carbocycles. The highest BCUT2D eigenvalue weighted by molar-refractivity contribution is 5.96. The third-order valence-electron chi connectivity index (χ3n) is 2.66. The van der Waals surface area contributed by atoms with E-state index in [0.29, 0.717) is 0 Å². The largest absolute Gasteiger partial charge is 0.382 e. The molecule has 2 aromatic rings. The fraction of sp³-hybridized carbons (Fsp3) is 0.154. The Kier molecular flexibility index (Phi) is 3.70. The average Bonchev–Trinajstić information content (AvgIpc) is 2.39. The molecule has 1 atom stereocenters. The van der Waals surface area contributed by atoms with Crippen LogP contribution < -0.4 is 11.1 Å². The minimum absolute atomic E-state index is 0.0753. The maximum atomic E-state index is 12.8. The summed E-state index contributed by atoms with van der Waals surface area (Å²) >= 11 is 0. The molecule has 0 bridgehead atoms. The number of halogens is 1. The van der Waals surface area contributed by atoms with Gasteiger partial charge in [0.25, 0.3) is 5.91 Å². The van der Waals surface area contributed by atoms with Crippen molar-refractivity contribution >= 4 is 11.7 Å². The molecule has 0 radical (unpaired) electrons. The molecule has 0 aliphatic rings. The first kappa shape index (κ1) is 12.9. The van der Waals surface area contributed by atoms with Gasteiger partial charge in [-0.15, -0.1) is 0 Å². The second kappa shape index (κ2) is 5.43. The van der Waals surface area contributed by atoms with Crippen molar-refractivity contribution in [2.24, 2.45) is 0 Å². The predicted molar refractivity (Wildman–Crippen MR) is 68.7 cm³/mol. The van der Waals surface area contributed by atoms with Gasteiger partial charge in [0.15, 0.2) is 11.5 Å². The van der Waals surface area contributed by atoms with Crippen molar-refractivity contribution in [3.8, 4) is 0 Å². The molecule has 98 valence electrons. The van der Waals surface area contributed by atoms with Crippen LogP contribution in [0.5, 0.6) is 0 Å². The van der Waals surface area contributed by atoms with E-state index in [1.165, 1.54) is 24.5 Å². The van der Waals surface area contributed by atoms with Gasteiger partial charge in [-0.3, -0.25) is 4.79 Å². The first-order valence-electron chi connectivity index (χ1n) is 5.70. The van der Waals surface area contributed by atoms with Crippen LogP contribution in [0.2, 0.25) is 0 Å². The summed E-state index contributed by atoms with van der Waals surface area (Å²) in [5.41, 5.74) is 6.44. The van der Waals surface area contributed by atoms with Crippen molar-refractivity contribution in [3.05, 3.63) is 53.7 Å². The molecular weight excluding hydrogens is 247 g/mol. The summed E-state index contributed by atoms with van der Waals surface area (Å²) in [4.78, 5) is 19.6. The highest BCUT2D eigenvalue weighted by Crippen LogP contribution is 2.14. The second-order valence-corrected chi connectivity index (χ2v) is 4.04. The number of aromatic nitrogens is 2. The summed E-state index contributed by atoms with van der Waals surface area (Å²) in [6.07, 6.45) is 2.81. The maximum Gasteiger partial charge on any atom is 0.274 e. The van der Waals surface area contributed by atoms with Crippen molar-refractivity contribution < 1.29 is 9.18 Å². The molecular formula is C13H13FN4O. The minimum Gasteiger partial charge on any atom is -0.382 e. The maximum absolute atomic E-state index is 12.8. The van der Waals surface area contributed by atoms with Crippen LogP contribution in [0.1, 0.15) is 29.0 Å². The highest BCUT2D eigenvalue weighted by atomic mass is 19.1. The number of rotatable bonds is 3. The predicted octanol–water partition coefficient (Wildman–Crippen LogP) is 1.69. The number of carbonyl (C=O) groups is 1. The van der Waals surface area contributed by atoms with E-state index < -0.39 is 5.91 Å². The molecule has 1 unspecified atom stereocenters. The molecule has 19 heavy (non-hydrogen) atoms. The van der Waals surface area contributed by atoms with Crippen LogP contribution in [0.4, 0.5) is 10.2 Å². The zero-order chi connectivity index (χ0) is 13.8. The molecule has 2 rings (SSSR count). The Labute approximate surface area is 109 Å². The Hall–Kier alpha value is -2.50. The molecule has 3 N–H and O–H groups in total. The van der Waals surface area contributed by atoms with E-state index in [2.05, 4.69) is 15.3 Å². The quantitative estimate of drug-likeness (QED) is 0.880. The lowest BCUT2D eigenvalue weighted by Crippen LogP contribution is -2.28. The molecule has 0 fully saturated rings. The van der Waals surface area contributed by atoms with E-state index in [1.54, 1.807) is 19.1 Å². The molecule has 5 nitrogen and oxygen atoms in total. The lowest BCUT2D eigenvalue weighted by molar-refractivity contribution is 0.0935. The monoisotopic (exact) mass is 260 g/mol. The normalized spacial score (nSPS) is 11.9. The number of nitrogens with one attached hydrogen (secondary N) is 1. The van der Waals surface area contributed by atoms with Crippen molar-refractivity contribution in [2.45, 2.75) is 13.0 Å². The number of nitrogens with two attached hydrogens (primary N) is 1. The molecule has 0 aliphatic heterocycles. The Morgan fingerprint density at radius 1 is 1.26 bits per heavy atom. The fourth-order valence-corrected chi connectivity index (χ4v) is 1.62. The number of hydrogen-bond acceptors (Lipinski definition) is 4. The summed E-state index contributed by atoms with van der Waals surface area (Å²) in [5.74, 6) is -0.658. The van der Waals surface area contributed by atoms with E-state index >= 15 is 0 Å². The summed E-state index contributed by atoms with van der Waals surface area (Å²) in [7, 11) is 0. The van der Waals surface area contributed by atoms with Crippen molar-refractivity contribution in [1.29, 1.82) is 0 Å². The Morgan fingerprint density at radius 2 is 1.89 bits per heavy atom. The van der Waals surface area contributed by atoms with Gasteiger partial charge in [-0.2, -0.15) is 0 Å². The van der Waals surface area contributed by atoms with Gasteiger partial charge in [0, 0.05) is 12.4 Å². The van der Waals surface area contributed by atoms with Gasteiger partial charge in [0.1, 0.15) is 5.82 Å². The molecule has 1 amide bonds. The van der Waals surface area contributed by atoms with Crippen LogP contribution >= 0.6 is 0 Å². The third-order valence-corrected chi connectivity index (χ3v) is 2.66. The van der Waals surface area contributed by atoms with Gasteiger partial charge in [-0.1, -0.05) is 12.1 Å². The molecule has 0 saturated carbocycles. The molecule has 0 aliphatic carbocycles. The standard InChI is InChI=1S/C13H13FN4O/c1-8(9-2-4-10(14)5-3-9)18-13(19)11-12(15)17-7-6-16-11/h2-8H,1H3,(H2,15,17)(H,18,19). The number of hydrogen-bond donors (Lipinski definition) is 2. The average molecular weight is 260 g/mol. The summed E-state index contributed by atoms with van der Waals surface area (Å²) in [6.45, 7) is 1.79. The van der Waals surface area contributed by atoms with E-state index in [4.69, 9.17) is 5.73 Å². The number of anilines is 1. The van der Waals surface area contributed by atoms with Gasteiger partial charge in [0.05, 0.1) is 6.04 Å². The zero-order valence-electron chi connectivity index (χ0n) is 10.3. The smallest absolute Gasteiger partial charge is 0.274 e. The number of carbonyl (C=O) groups excluding carboxylic acids is 1. The molecule has 6 heteroatoms. The van der Waals surface area contributed by atoms with Crippen molar-refractivity contribution in [3.63, 3.8) is 0 Å². The lowest BCUT2D eigenvalue weighted by Gasteiger charge is -2.14. The number of nitrogen functional groups attached to an aromatic ring is 1. The first-order valence-corrected chi connectivity index (χ1v) is 5.70. The van der Waals surface area contributed by atoms with Gasteiger partial charge in [-0.05, 0) is 24.6 Å². The molecule has 1 aromatic heterocycles. The zero-order valence-corrected chi connectivity index (χ0v) is 10.3. The summed E-state index contributed by atoms with van der Waals surface area (Å²) < 4.78 is 12.8. The third kappa shape index (κ3) is 3.04. The summed E-state index contributed by atoms with van der Waals surface area (Å²) in [5, 5.41) is 2.73. The fourth-order valence-electron chi connectivity index (χ4n) is 1.62. The Morgan fingerprint density at radius 3 is 2.53 bits per heavy atom. The van der Waals surface area contributed by atoms with Gasteiger partial charge < -0.3 is 11.1 Å². The van der Waals surface area contributed by atoms with Crippen LogP contribution in [-0.2, 0) is 0 Å². The van der Waals surface area contributed by atoms with Gasteiger partial charge in [0.2, 0.25) is 0 Å². The van der Waals surface area contributed by atoms with Crippen LogP contribution in [0, 0.1) is 5.82 Å². The van der Waals surface area contributed by atoms with Crippen LogP contribution in [0.25, 0.3) is 0 Å². The molecule has 0 saturated heterocycles. The van der Waals surface area contributed by atoms with Gasteiger partial charge in [-0.25, -0.2) is 14.4 Å². The SMILES string of the molecule is CC(NC(=O)c1nccnc1N)c1ccc(F)cc1. The Bertz CT molecular complexity index is 585. The van der Waals surface area contributed by atoms with Crippen molar-refractivity contribution in [2.75, 3.05) is 5.73 Å².